The van der Waals surface area contributed by atoms with Crippen molar-refractivity contribution < 1.29 is 19.8 Å². The van der Waals surface area contributed by atoms with E-state index in [1.807, 2.05) is 13.8 Å². The number of aliphatic hydroxyl groups excluding tert-OH is 1. The number of aliphatic carboxylic acids is 1. The summed E-state index contributed by atoms with van der Waals surface area (Å²) in [6.07, 6.45) is -1.57. The van der Waals surface area contributed by atoms with Crippen LogP contribution in [0.25, 0.3) is 0 Å². The minimum Gasteiger partial charge on any atom is -0.479 e. The van der Waals surface area contributed by atoms with Crippen LogP contribution in [0.4, 0.5) is 4.79 Å². The third-order valence-corrected chi connectivity index (χ3v) is 3.01. The molecule has 0 saturated carbocycles. The highest BCUT2D eigenvalue weighted by Crippen LogP contribution is 2.24. The molecule has 6 nitrogen and oxygen atoms in total. The molecule has 0 spiro atoms. The number of hydrogen-bond acceptors (Lipinski definition) is 3. The first kappa shape index (κ1) is 15.7. The largest absolute Gasteiger partial charge is 0.479 e. The monoisotopic (exact) mass is 246 g/mol. The zero-order valence-electron chi connectivity index (χ0n) is 10.8. The predicted octanol–water partition coefficient (Wildman–Crippen LogP) is 0.413. The van der Waals surface area contributed by atoms with Gasteiger partial charge in [-0.25, -0.2) is 9.59 Å². The van der Waals surface area contributed by atoms with E-state index in [-0.39, 0.29) is 12.0 Å². The number of nitrogens with one attached hydrogen (secondary N) is 2. The summed E-state index contributed by atoms with van der Waals surface area (Å²) >= 11 is 0. The minimum absolute atomic E-state index is 0.0389. The Morgan fingerprint density at radius 2 is 1.76 bits per heavy atom. The van der Waals surface area contributed by atoms with Gasteiger partial charge in [0.25, 0.3) is 0 Å². The van der Waals surface area contributed by atoms with E-state index in [9.17, 15) is 9.59 Å². The quantitative estimate of drug-likeness (QED) is 0.545. The van der Waals surface area contributed by atoms with Gasteiger partial charge >= 0.3 is 12.0 Å². The van der Waals surface area contributed by atoms with Crippen molar-refractivity contribution in [3.8, 4) is 0 Å². The molecule has 0 aromatic rings. The predicted molar refractivity (Wildman–Crippen MR) is 63.7 cm³/mol. The number of carbonyl (C=O) groups excluding carboxylic acids is 1. The lowest BCUT2D eigenvalue weighted by Crippen LogP contribution is -2.45. The first-order valence-corrected chi connectivity index (χ1v) is 5.59. The molecule has 0 heterocycles. The molecule has 17 heavy (non-hydrogen) atoms. The van der Waals surface area contributed by atoms with Crippen molar-refractivity contribution in [3.05, 3.63) is 0 Å². The molecule has 0 aromatic heterocycles. The summed E-state index contributed by atoms with van der Waals surface area (Å²) in [6.45, 7) is 8.37. The number of amides is 2. The van der Waals surface area contributed by atoms with Crippen LogP contribution in [0.2, 0.25) is 0 Å². The minimum atomic E-state index is -1.57. The maximum atomic E-state index is 11.3. The molecule has 0 saturated heterocycles. The van der Waals surface area contributed by atoms with Crippen molar-refractivity contribution in [1.29, 1.82) is 0 Å². The average Bonchev–Trinajstić information content (AvgIpc) is 2.22. The zero-order chi connectivity index (χ0) is 13.6. The maximum Gasteiger partial charge on any atom is 0.334 e. The number of hydrogen-bond donors (Lipinski definition) is 4. The Balaban J connectivity index is 3.93. The van der Waals surface area contributed by atoms with Gasteiger partial charge in [0.05, 0.1) is 6.54 Å². The van der Waals surface area contributed by atoms with Crippen molar-refractivity contribution in [2.45, 2.75) is 33.8 Å². The molecule has 100 valence electrons. The van der Waals surface area contributed by atoms with Crippen molar-refractivity contribution in [2.75, 3.05) is 13.1 Å². The van der Waals surface area contributed by atoms with E-state index in [4.69, 9.17) is 10.2 Å². The Morgan fingerprint density at radius 3 is 2.18 bits per heavy atom. The van der Waals surface area contributed by atoms with E-state index >= 15 is 0 Å². The maximum absolute atomic E-state index is 11.3. The highest BCUT2D eigenvalue weighted by Gasteiger charge is 2.23. The smallest absolute Gasteiger partial charge is 0.334 e. The molecule has 0 radical (unpaired) electrons. The summed E-state index contributed by atoms with van der Waals surface area (Å²) in [6, 6.07) is -0.473. The van der Waals surface area contributed by atoms with Crippen LogP contribution < -0.4 is 10.6 Å². The van der Waals surface area contributed by atoms with Crippen LogP contribution in [-0.4, -0.2) is 41.4 Å². The number of rotatable bonds is 6. The number of carboxylic acid groups (broad SMARTS) is 1. The topological polar surface area (TPSA) is 98.7 Å². The van der Waals surface area contributed by atoms with Gasteiger partial charge < -0.3 is 20.8 Å². The Hall–Kier alpha value is -1.30. The molecular formula is C11H22N2O4. The highest BCUT2D eigenvalue weighted by atomic mass is 16.4. The summed E-state index contributed by atoms with van der Waals surface area (Å²) < 4.78 is 0. The van der Waals surface area contributed by atoms with E-state index in [1.165, 1.54) is 0 Å². The van der Waals surface area contributed by atoms with Gasteiger partial charge in [-0.1, -0.05) is 27.7 Å². The van der Waals surface area contributed by atoms with Gasteiger partial charge in [-0.2, -0.15) is 0 Å². The number of carbonyl (C=O) groups is 2. The number of urea groups is 1. The molecule has 1 atom stereocenters. The van der Waals surface area contributed by atoms with Gasteiger partial charge in [0, 0.05) is 6.54 Å². The number of carboxylic acids is 1. The van der Waals surface area contributed by atoms with E-state index in [0.717, 1.165) is 0 Å². The third kappa shape index (κ3) is 6.11. The summed E-state index contributed by atoms with van der Waals surface area (Å²) in [5, 5.41) is 22.3. The fraction of sp³-hybridized carbons (Fsp3) is 0.818. The Bertz CT molecular complexity index is 277. The molecule has 0 bridgehead atoms. The van der Waals surface area contributed by atoms with Gasteiger partial charge in [-0.3, -0.25) is 0 Å². The molecule has 0 aliphatic carbocycles. The van der Waals surface area contributed by atoms with E-state index in [1.54, 1.807) is 0 Å². The van der Waals surface area contributed by atoms with Crippen LogP contribution >= 0.6 is 0 Å². The van der Waals surface area contributed by atoms with E-state index in [2.05, 4.69) is 24.5 Å². The Kier molecular flexibility index (Phi) is 5.95. The second kappa shape index (κ2) is 6.44. The van der Waals surface area contributed by atoms with Crippen LogP contribution in [0.5, 0.6) is 0 Å². The SMILES string of the molecule is CC(C)C(C)(C)CNC(=O)NC[C@H](O)C(=O)O. The average molecular weight is 246 g/mol. The molecule has 0 aliphatic rings. The molecule has 4 N–H and O–H groups in total. The van der Waals surface area contributed by atoms with Gasteiger partial charge in [-0.15, -0.1) is 0 Å². The molecule has 0 fully saturated rings. The fourth-order valence-electron chi connectivity index (χ4n) is 0.851. The molecule has 2 amide bonds. The van der Waals surface area contributed by atoms with Crippen LogP contribution in [-0.2, 0) is 4.79 Å². The molecule has 0 aliphatic heterocycles. The highest BCUT2D eigenvalue weighted by molar-refractivity contribution is 5.76. The normalized spacial score (nSPS) is 13.3. The first-order chi connectivity index (χ1) is 7.66. The zero-order valence-corrected chi connectivity index (χ0v) is 10.8. The van der Waals surface area contributed by atoms with E-state index < -0.39 is 18.1 Å². The van der Waals surface area contributed by atoms with Crippen LogP contribution in [0.3, 0.4) is 0 Å². The van der Waals surface area contributed by atoms with Gasteiger partial charge in [0.15, 0.2) is 6.10 Å². The van der Waals surface area contributed by atoms with Crippen LogP contribution in [0.15, 0.2) is 0 Å². The van der Waals surface area contributed by atoms with Crippen LogP contribution in [0, 0.1) is 11.3 Å². The second-order valence-electron chi connectivity index (χ2n) is 5.06. The first-order valence-electron chi connectivity index (χ1n) is 5.59. The van der Waals surface area contributed by atoms with Crippen LogP contribution in [0.1, 0.15) is 27.7 Å². The van der Waals surface area contributed by atoms with Crippen molar-refractivity contribution in [1.82, 2.24) is 10.6 Å². The molecule has 0 aromatic carbocycles. The fourth-order valence-corrected chi connectivity index (χ4v) is 0.851. The molecule has 0 unspecified atom stereocenters. The van der Waals surface area contributed by atoms with Crippen molar-refractivity contribution in [2.24, 2.45) is 11.3 Å². The summed E-state index contributed by atoms with van der Waals surface area (Å²) in [5.41, 5.74) is -0.0389. The Morgan fingerprint density at radius 1 is 1.24 bits per heavy atom. The lowest BCUT2D eigenvalue weighted by Gasteiger charge is -2.29. The van der Waals surface area contributed by atoms with Gasteiger partial charge in [0.1, 0.15) is 0 Å². The summed E-state index contributed by atoms with van der Waals surface area (Å²) in [5.74, 6) is -0.944. The van der Waals surface area contributed by atoms with E-state index in [0.29, 0.717) is 12.5 Å². The lowest BCUT2D eigenvalue weighted by atomic mass is 9.81. The Labute approximate surface area is 101 Å². The summed E-state index contributed by atoms with van der Waals surface area (Å²) in [7, 11) is 0. The molecule has 6 heteroatoms. The summed E-state index contributed by atoms with van der Waals surface area (Å²) in [4.78, 5) is 21.6. The number of aliphatic hydroxyl groups is 1. The van der Waals surface area contributed by atoms with Gasteiger partial charge in [0.2, 0.25) is 0 Å². The standard InChI is InChI=1S/C11H22N2O4/c1-7(2)11(3,4)6-13-10(17)12-5-8(14)9(15)16/h7-8,14H,5-6H2,1-4H3,(H,15,16)(H2,12,13,17)/t8-/m0/s1. The van der Waals surface area contributed by atoms with Crippen molar-refractivity contribution >= 4 is 12.0 Å². The lowest BCUT2D eigenvalue weighted by molar-refractivity contribution is -0.146. The molecule has 0 rings (SSSR count). The van der Waals surface area contributed by atoms with Gasteiger partial charge in [-0.05, 0) is 11.3 Å². The third-order valence-electron chi connectivity index (χ3n) is 3.01. The second-order valence-corrected chi connectivity index (χ2v) is 5.06. The molecular weight excluding hydrogens is 224 g/mol. The van der Waals surface area contributed by atoms with Crippen molar-refractivity contribution in [3.63, 3.8) is 0 Å².